The molecule has 0 saturated heterocycles. The van der Waals surface area contributed by atoms with Crippen molar-refractivity contribution in [2.45, 2.75) is 70.5 Å². The van der Waals surface area contributed by atoms with E-state index in [9.17, 15) is 9.59 Å². The third-order valence-corrected chi connectivity index (χ3v) is 6.69. The van der Waals surface area contributed by atoms with Crippen LogP contribution >= 0.6 is 0 Å². The first-order valence-electron chi connectivity index (χ1n) is 12.8. The van der Waals surface area contributed by atoms with E-state index in [-0.39, 0.29) is 18.7 Å². The second kappa shape index (κ2) is 14.1. The Balaban J connectivity index is 1.38. The maximum Gasteiger partial charge on any atom is 0.338 e. The van der Waals surface area contributed by atoms with Crippen LogP contribution in [-0.2, 0) is 20.9 Å². The molecule has 3 rings (SSSR count). The Morgan fingerprint density at radius 2 is 1.72 bits per heavy atom. The smallest absolute Gasteiger partial charge is 0.338 e. The first kappa shape index (κ1) is 27.1. The summed E-state index contributed by atoms with van der Waals surface area (Å²) in [6.45, 7) is 3.84. The Bertz CT molecular complexity index is 1040. The lowest BCUT2D eigenvalue weighted by Gasteiger charge is -2.28. The van der Waals surface area contributed by atoms with E-state index in [0.717, 1.165) is 43.6 Å². The minimum absolute atomic E-state index is 0.000972. The monoisotopic (exact) mass is 490 g/mol. The van der Waals surface area contributed by atoms with E-state index in [2.05, 4.69) is 6.58 Å². The van der Waals surface area contributed by atoms with E-state index in [0.29, 0.717) is 22.5 Å². The number of carbonyl (C=O) groups excluding carboxylic acids is 2. The lowest BCUT2D eigenvalue weighted by molar-refractivity contribution is -0.138. The molecular weight excluding hydrogens is 452 g/mol. The molecule has 0 heterocycles. The quantitative estimate of drug-likeness (QED) is 0.116. The molecule has 2 aromatic carbocycles. The zero-order valence-corrected chi connectivity index (χ0v) is 21.0. The molecule has 0 spiro atoms. The number of hydrogen-bond donors (Lipinski definition) is 2. The van der Waals surface area contributed by atoms with Crippen LogP contribution < -0.4 is 11.5 Å². The highest BCUT2D eigenvalue weighted by Crippen LogP contribution is 2.30. The van der Waals surface area contributed by atoms with Crippen LogP contribution in [0.25, 0.3) is 6.08 Å². The highest BCUT2D eigenvalue weighted by Gasteiger charge is 2.24. The van der Waals surface area contributed by atoms with Gasteiger partial charge in [-0.2, -0.15) is 0 Å². The van der Waals surface area contributed by atoms with Gasteiger partial charge in [-0.05, 0) is 80.3 Å². The fraction of sp³-hybridized carbons (Fsp3) is 0.400. The van der Waals surface area contributed by atoms with Gasteiger partial charge in [0.15, 0.2) is 0 Å². The number of nitrogen functional groups attached to an aromatic ring is 2. The van der Waals surface area contributed by atoms with E-state index in [4.69, 9.17) is 20.9 Å². The van der Waals surface area contributed by atoms with Crippen LogP contribution in [0, 0.1) is 5.92 Å². The first-order valence-corrected chi connectivity index (χ1v) is 12.8. The lowest BCUT2D eigenvalue weighted by Crippen LogP contribution is -2.24. The molecule has 0 amide bonds. The Morgan fingerprint density at radius 3 is 2.42 bits per heavy atom. The van der Waals surface area contributed by atoms with Crippen molar-refractivity contribution in [3.8, 4) is 0 Å². The fourth-order valence-electron chi connectivity index (χ4n) is 4.49. The molecule has 1 aliphatic carbocycles. The Hall–Kier alpha value is -3.54. The molecular formula is C30H38N2O4. The standard InChI is InChI=1S/C30H38N2O4/c1-2-3-4-5-6-7-22-10-17-27(18-11-22)36-30(34)24-13-8-23(9-14-24)12-19-29(33)35-21-25-15-16-26(31)20-28(25)32/h2,8-9,12-16,19-20,22,27H,1,3-7,10-11,17-18,21,31-32H2. The van der Waals surface area contributed by atoms with Gasteiger partial charge in [0.25, 0.3) is 0 Å². The second-order valence-corrected chi connectivity index (χ2v) is 9.50. The highest BCUT2D eigenvalue weighted by atomic mass is 16.5. The van der Waals surface area contributed by atoms with Gasteiger partial charge in [-0.1, -0.05) is 43.5 Å². The molecule has 192 valence electrons. The highest BCUT2D eigenvalue weighted by molar-refractivity contribution is 5.90. The number of hydrogen-bond acceptors (Lipinski definition) is 6. The van der Waals surface area contributed by atoms with Crippen molar-refractivity contribution in [3.05, 3.63) is 77.9 Å². The second-order valence-electron chi connectivity index (χ2n) is 9.50. The van der Waals surface area contributed by atoms with E-state index in [1.165, 1.54) is 31.8 Å². The number of unbranched alkanes of at least 4 members (excludes halogenated alkanes) is 3. The predicted molar refractivity (Wildman–Crippen MR) is 145 cm³/mol. The van der Waals surface area contributed by atoms with Gasteiger partial charge in [0, 0.05) is 23.0 Å². The topological polar surface area (TPSA) is 105 Å². The van der Waals surface area contributed by atoms with Crippen LogP contribution in [0.3, 0.4) is 0 Å². The van der Waals surface area contributed by atoms with Gasteiger partial charge < -0.3 is 20.9 Å². The first-order chi connectivity index (χ1) is 17.4. The molecule has 6 nitrogen and oxygen atoms in total. The van der Waals surface area contributed by atoms with E-state index in [1.54, 1.807) is 48.5 Å². The molecule has 0 unspecified atom stereocenters. The van der Waals surface area contributed by atoms with E-state index >= 15 is 0 Å². The van der Waals surface area contributed by atoms with Crippen molar-refractivity contribution < 1.29 is 19.1 Å². The van der Waals surface area contributed by atoms with Crippen molar-refractivity contribution in [3.63, 3.8) is 0 Å². The number of carbonyl (C=O) groups is 2. The SMILES string of the molecule is C=CCCCCCC1CCC(OC(=O)c2ccc(C=CC(=O)OCc3ccc(N)cc3N)cc2)CC1. The summed E-state index contributed by atoms with van der Waals surface area (Å²) in [6.07, 6.45) is 15.3. The average molecular weight is 491 g/mol. The molecule has 4 N–H and O–H groups in total. The van der Waals surface area contributed by atoms with Crippen LogP contribution in [0.15, 0.2) is 61.2 Å². The van der Waals surface area contributed by atoms with Crippen molar-refractivity contribution in [2.75, 3.05) is 11.5 Å². The van der Waals surface area contributed by atoms with Gasteiger partial charge in [-0.3, -0.25) is 0 Å². The van der Waals surface area contributed by atoms with E-state index < -0.39 is 5.97 Å². The lowest BCUT2D eigenvalue weighted by atomic mass is 9.84. The number of benzene rings is 2. The zero-order chi connectivity index (χ0) is 25.8. The minimum atomic E-state index is -0.484. The third-order valence-electron chi connectivity index (χ3n) is 6.69. The maximum atomic E-state index is 12.6. The summed E-state index contributed by atoms with van der Waals surface area (Å²) in [4.78, 5) is 24.6. The van der Waals surface area contributed by atoms with Gasteiger partial charge in [-0.15, -0.1) is 6.58 Å². The maximum absolute atomic E-state index is 12.6. The number of anilines is 2. The number of esters is 2. The molecule has 1 fully saturated rings. The summed E-state index contributed by atoms with van der Waals surface area (Å²) in [5, 5.41) is 0. The van der Waals surface area contributed by atoms with Gasteiger partial charge in [-0.25, -0.2) is 9.59 Å². The number of rotatable bonds is 12. The normalized spacial score (nSPS) is 17.6. The number of allylic oxidation sites excluding steroid dienone is 1. The summed E-state index contributed by atoms with van der Waals surface area (Å²) in [7, 11) is 0. The molecule has 6 heteroatoms. The summed E-state index contributed by atoms with van der Waals surface area (Å²) in [6, 6.07) is 12.1. The Morgan fingerprint density at radius 1 is 0.972 bits per heavy atom. The Kier molecular flexibility index (Phi) is 10.6. The van der Waals surface area contributed by atoms with Gasteiger partial charge in [0.2, 0.25) is 0 Å². The van der Waals surface area contributed by atoms with E-state index in [1.807, 2.05) is 6.08 Å². The molecule has 0 aromatic heterocycles. The third kappa shape index (κ3) is 8.91. The van der Waals surface area contributed by atoms with Crippen LogP contribution in [0.4, 0.5) is 11.4 Å². The molecule has 0 atom stereocenters. The van der Waals surface area contributed by atoms with Crippen LogP contribution in [0.2, 0.25) is 0 Å². The molecule has 0 bridgehead atoms. The van der Waals surface area contributed by atoms with Gasteiger partial charge in [0.05, 0.1) is 5.56 Å². The van der Waals surface area contributed by atoms with Crippen molar-refractivity contribution in [1.82, 2.24) is 0 Å². The fourth-order valence-corrected chi connectivity index (χ4v) is 4.49. The summed E-state index contributed by atoms with van der Waals surface area (Å²) >= 11 is 0. The average Bonchev–Trinajstić information content (AvgIpc) is 2.88. The Labute approximate surface area is 214 Å². The van der Waals surface area contributed by atoms with Gasteiger partial charge >= 0.3 is 11.9 Å². The molecule has 0 radical (unpaired) electrons. The molecule has 0 aliphatic heterocycles. The van der Waals surface area contributed by atoms with Crippen LogP contribution in [-0.4, -0.2) is 18.0 Å². The van der Waals surface area contributed by atoms with Crippen molar-refractivity contribution in [1.29, 1.82) is 0 Å². The summed E-state index contributed by atoms with van der Waals surface area (Å²) in [5.74, 6) is -0.0220. The number of nitrogens with two attached hydrogens (primary N) is 2. The number of ether oxygens (including phenoxy) is 2. The summed E-state index contributed by atoms with van der Waals surface area (Å²) < 4.78 is 11.0. The van der Waals surface area contributed by atoms with Crippen molar-refractivity contribution >= 4 is 29.4 Å². The predicted octanol–water partition coefficient (Wildman–Crippen LogP) is 6.46. The summed E-state index contributed by atoms with van der Waals surface area (Å²) in [5.41, 5.74) is 14.6. The molecule has 2 aromatic rings. The molecule has 1 aliphatic rings. The molecule has 1 saturated carbocycles. The van der Waals surface area contributed by atoms with Crippen LogP contribution in [0.5, 0.6) is 0 Å². The van der Waals surface area contributed by atoms with Gasteiger partial charge in [0.1, 0.15) is 12.7 Å². The van der Waals surface area contributed by atoms with Crippen molar-refractivity contribution in [2.24, 2.45) is 5.92 Å². The van der Waals surface area contributed by atoms with Crippen LogP contribution in [0.1, 0.15) is 79.3 Å². The molecule has 36 heavy (non-hydrogen) atoms. The minimum Gasteiger partial charge on any atom is -0.459 e. The zero-order valence-electron chi connectivity index (χ0n) is 21.0. The largest absolute Gasteiger partial charge is 0.459 e.